The normalized spacial score (nSPS) is 20.3. The zero-order valence-corrected chi connectivity index (χ0v) is 16.8. The molecule has 0 bridgehead atoms. The number of aromatic nitrogens is 1. The SMILES string of the molecule is COC(=O)C1=CCC2=C(S1)c1c(C3CCCCC3)c3cccn3c1=C(N)OC2. The van der Waals surface area contributed by atoms with Crippen molar-refractivity contribution in [2.24, 2.45) is 5.73 Å². The summed E-state index contributed by atoms with van der Waals surface area (Å²) in [5, 5.41) is 0.934. The van der Waals surface area contributed by atoms with Gasteiger partial charge in [0.05, 0.1) is 12.0 Å². The van der Waals surface area contributed by atoms with Gasteiger partial charge in [-0.1, -0.05) is 37.1 Å². The highest BCUT2D eigenvalue weighted by Crippen LogP contribution is 2.47. The van der Waals surface area contributed by atoms with Crippen molar-refractivity contribution in [3.05, 3.63) is 51.4 Å². The summed E-state index contributed by atoms with van der Waals surface area (Å²) in [4.78, 5) is 14.0. The van der Waals surface area contributed by atoms with Gasteiger partial charge in [0.1, 0.15) is 12.0 Å². The van der Waals surface area contributed by atoms with Crippen molar-refractivity contribution < 1.29 is 14.3 Å². The fraction of sp³-hybridized carbons (Fsp3) is 0.409. The second kappa shape index (κ2) is 6.92. The molecule has 6 heteroatoms. The van der Waals surface area contributed by atoms with Crippen LogP contribution in [0.5, 0.6) is 0 Å². The molecule has 1 saturated carbocycles. The van der Waals surface area contributed by atoms with E-state index in [9.17, 15) is 4.79 Å². The molecule has 0 saturated heterocycles. The van der Waals surface area contributed by atoms with Gasteiger partial charge >= 0.3 is 5.97 Å². The molecule has 0 amide bonds. The molecule has 0 radical (unpaired) electrons. The number of carbonyl (C=O) groups is 1. The number of nitrogens with two attached hydrogens (primary N) is 1. The van der Waals surface area contributed by atoms with E-state index in [1.54, 1.807) is 0 Å². The first kappa shape index (κ1) is 17.7. The van der Waals surface area contributed by atoms with E-state index in [-0.39, 0.29) is 5.97 Å². The first-order valence-electron chi connectivity index (χ1n) is 9.93. The summed E-state index contributed by atoms with van der Waals surface area (Å²) >= 11 is 1.51. The predicted molar refractivity (Wildman–Crippen MR) is 111 cm³/mol. The van der Waals surface area contributed by atoms with Gasteiger partial charge in [-0.05, 0) is 48.4 Å². The minimum atomic E-state index is -0.280. The van der Waals surface area contributed by atoms with Crippen LogP contribution >= 0.6 is 11.8 Å². The first-order valence-corrected chi connectivity index (χ1v) is 10.7. The number of allylic oxidation sites excluding steroid dienone is 1. The number of fused-ring (bicyclic) bond motifs is 4. The highest BCUT2D eigenvalue weighted by molar-refractivity contribution is 8.12. The Hall–Kier alpha value is -2.34. The van der Waals surface area contributed by atoms with Crippen molar-refractivity contribution in [3.63, 3.8) is 0 Å². The fourth-order valence-electron chi connectivity index (χ4n) is 4.79. The fourth-order valence-corrected chi connectivity index (χ4v) is 5.94. The number of hydrogen-bond donors (Lipinski definition) is 1. The number of thioether (sulfide) groups is 1. The standard InChI is InChI=1S/C22H24N2O3S/c1-26-22(25)16-10-9-14-12-27-21(23)19-18(20(14)28-16)17(13-6-3-2-4-7-13)15-8-5-11-24(15)19/h5,8,10-11,13H,2-4,6-7,9,12,23H2,1H3. The average Bonchev–Trinajstić information content (AvgIpc) is 3.28. The molecule has 3 aliphatic rings. The number of methoxy groups -OCH3 is 1. The van der Waals surface area contributed by atoms with Crippen LogP contribution in [0, 0.1) is 0 Å². The number of carbonyl (C=O) groups excluding carboxylic acids is 1. The third-order valence-electron chi connectivity index (χ3n) is 6.10. The lowest BCUT2D eigenvalue weighted by Gasteiger charge is -2.25. The minimum absolute atomic E-state index is 0.280. The molecule has 5 nitrogen and oxygen atoms in total. The number of ether oxygens (including phenoxy) is 2. The van der Waals surface area contributed by atoms with Gasteiger partial charge in [0.2, 0.25) is 5.88 Å². The second-order valence-electron chi connectivity index (χ2n) is 7.69. The van der Waals surface area contributed by atoms with E-state index in [1.807, 2.05) is 6.08 Å². The molecule has 146 valence electrons. The van der Waals surface area contributed by atoms with Crippen LogP contribution < -0.4 is 11.1 Å². The van der Waals surface area contributed by atoms with Crippen molar-refractivity contribution in [2.75, 3.05) is 13.7 Å². The third kappa shape index (κ3) is 2.65. The molecule has 1 aliphatic carbocycles. The molecule has 4 heterocycles. The smallest absolute Gasteiger partial charge is 0.344 e. The van der Waals surface area contributed by atoms with Crippen LogP contribution in [0.4, 0.5) is 0 Å². The Labute approximate surface area is 168 Å². The van der Waals surface area contributed by atoms with Crippen molar-refractivity contribution in [3.8, 4) is 0 Å². The molecule has 0 unspecified atom stereocenters. The Morgan fingerprint density at radius 2 is 2.14 bits per heavy atom. The first-order chi connectivity index (χ1) is 13.7. The van der Waals surface area contributed by atoms with Crippen LogP contribution in [0.2, 0.25) is 0 Å². The maximum absolute atomic E-state index is 12.2. The van der Waals surface area contributed by atoms with Gasteiger partial charge in [0, 0.05) is 22.2 Å². The summed E-state index contributed by atoms with van der Waals surface area (Å²) in [6, 6.07) is 4.25. The van der Waals surface area contributed by atoms with Gasteiger partial charge in [0.25, 0.3) is 0 Å². The summed E-state index contributed by atoms with van der Waals surface area (Å²) in [5.74, 6) is 0.702. The van der Waals surface area contributed by atoms with Crippen molar-refractivity contribution in [2.45, 2.75) is 44.4 Å². The Kier molecular flexibility index (Phi) is 4.38. The zero-order chi connectivity index (χ0) is 19.3. The van der Waals surface area contributed by atoms with Crippen LogP contribution in [0.3, 0.4) is 0 Å². The Bertz CT molecular complexity index is 1070. The number of nitrogens with zero attached hydrogens (tertiary/aromatic N) is 1. The van der Waals surface area contributed by atoms with Gasteiger partial charge in [0.15, 0.2) is 0 Å². The van der Waals surface area contributed by atoms with Gasteiger partial charge in [-0.15, -0.1) is 0 Å². The van der Waals surface area contributed by atoms with Gasteiger partial charge in [-0.3, -0.25) is 0 Å². The highest BCUT2D eigenvalue weighted by atomic mass is 32.2. The summed E-state index contributed by atoms with van der Waals surface area (Å²) in [5.41, 5.74) is 11.4. The topological polar surface area (TPSA) is 66.0 Å². The summed E-state index contributed by atoms with van der Waals surface area (Å²) in [6.45, 7) is 0.459. The lowest BCUT2D eigenvalue weighted by molar-refractivity contribution is -0.135. The molecule has 0 aromatic carbocycles. The van der Waals surface area contributed by atoms with Gasteiger partial charge in [-0.2, -0.15) is 0 Å². The summed E-state index contributed by atoms with van der Waals surface area (Å²) in [7, 11) is 1.43. The molecule has 28 heavy (non-hydrogen) atoms. The number of rotatable bonds is 2. The number of hydrogen-bond acceptors (Lipinski definition) is 5. The van der Waals surface area contributed by atoms with E-state index in [2.05, 4.69) is 22.7 Å². The van der Waals surface area contributed by atoms with E-state index in [0.717, 1.165) is 10.3 Å². The van der Waals surface area contributed by atoms with Crippen LogP contribution in [0.25, 0.3) is 16.3 Å². The van der Waals surface area contributed by atoms with Crippen molar-refractivity contribution in [1.29, 1.82) is 0 Å². The number of esters is 1. The summed E-state index contributed by atoms with van der Waals surface area (Å²) < 4.78 is 13.1. The van der Waals surface area contributed by atoms with Gasteiger partial charge < -0.3 is 19.6 Å². The lowest BCUT2D eigenvalue weighted by atomic mass is 9.82. The second-order valence-corrected chi connectivity index (χ2v) is 8.74. The van der Waals surface area contributed by atoms with E-state index >= 15 is 0 Å². The maximum Gasteiger partial charge on any atom is 0.344 e. The van der Waals surface area contributed by atoms with E-state index < -0.39 is 0 Å². The van der Waals surface area contributed by atoms with Crippen LogP contribution in [0.1, 0.15) is 55.6 Å². The quantitative estimate of drug-likeness (QED) is 0.785. The molecule has 2 N–H and O–H groups in total. The minimum Gasteiger partial charge on any atom is -0.473 e. The summed E-state index contributed by atoms with van der Waals surface area (Å²) in [6.07, 6.45) is 10.9. The largest absolute Gasteiger partial charge is 0.473 e. The van der Waals surface area contributed by atoms with E-state index in [1.165, 1.54) is 73.2 Å². The van der Waals surface area contributed by atoms with Gasteiger partial charge in [-0.25, -0.2) is 4.79 Å². The maximum atomic E-state index is 12.2. The van der Waals surface area contributed by atoms with Crippen molar-refractivity contribution in [1.82, 2.24) is 4.40 Å². The molecule has 0 spiro atoms. The lowest BCUT2D eigenvalue weighted by Crippen LogP contribution is -2.22. The average molecular weight is 397 g/mol. The molecule has 0 atom stereocenters. The Morgan fingerprint density at radius 3 is 2.93 bits per heavy atom. The van der Waals surface area contributed by atoms with Crippen molar-refractivity contribution >= 4 is 34.0 Å². The molecule has 2 aromatic heterocycles. The third-order valence-corrected chi connectivity index (χ3v) is 7.35. The molecule has 2 aliphatic heterocycles. The molecular weight excluding hydrogens is 372 g/mol. The zero-order valence-electron chi connectivity index (χ0n) is 16.0. The van der Waals surface area contributed by atoms with Crippen LogP contribution in [-0.4, -0.2) is 24.1 Å². The molecule has 2 aromatic rings. The van der Waals surface area contributed by atoms with Crippen LogP contribution in [-0.2, 0) is 14.3 Å². The van der Waals surface area contributed by atoms with Crippen LogP contribution in [0.15, 0.2) is 34.9 Å². The predicted octanol–water partition coefficient (Wildman–Crippen LogP) is 3.67. The Morgan fingerprint density at radius 1 is 1.32 bits per heavy atom. The molecule has 1 fully saturated rings. The Balaban J connectivity index is 1.75. The highest BCUT2D eigenvalue weighted by Gasteiger charge is 2.32. The molecular formula is C22H24N2O3S. The van der Waals surface area contributed by atoms with E-state index in [0.29, 0.717) is 29.7 Å². The van der Waals surface area contributed by atoms with E-state index in [4.69, 9.17) is 15.2 Å². The molecule has 5 rings (SSSR count). The monoisotopic (exact) mass is 396 g/mol.